The molecule has 0 atom stereocenters. The Labute approximate surface area is 236 Å². The van der Waals surface area contributed by atoms with Gasteiger partial charge in [0.1, 0.15) is 5.60 Å². The Morgan fingerprint density at radius 2 is 1.33 bits per heavy atom. The van der Waals surface area contributed by atoms with Crippen molar-refractivity contribution in [3.63, 3.8) is 0 Å². The van der Waals surface area contributed by atoms with Gasteiger partial charge >= 0.3 is 12.1 Å². The number of hydrogen-bond acceptors (Lipinski definition) is 4. The minimum Gasteiger partial charge on any atom is -0.444 e. The third-order valence-electron chi connectivity index (χ3n) is 11.3. The van der Waals surface area contributed by atoms with Crippen LogP contribution in [0.2, 0.25) is 0 Å². The normalized spacial score (nSPS) is 41.3. The Hall–Kier alpha value is -1.50. The summed E-state index contributed by atoms with van der Waals surface area (Å²) in [5, 5.41) is 9.35. The minimum absolute atomic E-state index is 0.181. The number of carbonyl (C=O) groups excluding carboxylic acids is 2. The molecule has 9 aliphatic rings. The van der Waals surface area contributed by atoms with Crippen LogP contribution in [0.1, 0.15) is 97.8 Å². The highest BCUT2D eigenvalue weighted by Crippen LogP contribution is 2.61. The smallest absolute Gasteiger partial charge is 0.407 e. The molecule has 220 valence electrons. The predicted molar refractivity (Wildman–Crippen MR) is 153 cm³/mol. The number of alkyl carbamates (subject to hydrolysis) is 1. The van der Waals surface area contributed by atoms with E-state index in [9.17, 15) is 9.59 Å². The van der Waals surface area contributed by atoms with Crippen molar-refractivity contribution < 1.29 is 14.3 Å². The van der Waals surface area contributed by atoms with Gasteiger partial charge in [0, 0.05) is 39.3 Å². The first kappa shape index (κ1) is 27.7. The molecule has 0 radical (unpaired) electrons. The average molecular weight is 543 g/mol. The van der Waals surface area contributed by atoms with Gasteiger partial charge in [-0.2, -0.15) is 0 Å². The van der Waals surface area contributed by atoms with E-state index in [0.29, 0.717) is 17.4 Å². The summed E-state index contributed by atoms with van der Waals surface area (Å²) in [4.78, 5) is 25.4. The molecule has 9 rings (SSSR count). The summed E-state index contributed by atoms with van der Waals surface area (Å²) < 4.78 is 5.24. The number of rotatable bonds is 7. The van der Waals surface area contributed by atoms with Crippen LogP contribution in [0.25, 0.3) is 0 Å². The molecule has 8 aliphatic carbocycles. The molecule has 1 aliphatic heterocycles. The molecule has 8 bridgehead atoms. The van der Waals surface area contributed by atoms with Crippen molar-refractivity contribution in [3.8, 4) is 0 Å². The van der Waals surface area contributed by atoms with Crippen LogP contribution in [0.3, 0.4) is 0 Å². The number of urea groups is 1. The largest absolute Gasteiger partial charge is 0.444 e. The number of hydrogen-bond donors (Lipinski definition) is 3. The maximum atomic E-state index is 11.7. The molecule has 7 heteroatoms. The lowest BCUT2D eigenvalue weighted by atomic mass is 9.49. The fourth-order valence-corrected chi connectivity index (χ4v) is 11.0. The van der Waals surface area contributed by atoms with E-state index in [-0.39, 0.29) is 12.1 Å². The molecule has 0 aromatic rings. The summed E-state index contributed by atoms with van der Waals surface area (Å²) in [5.74, 6) is 6.00. The molecule has 39 heavy (non-hydrogen) atoms. The first-order valence-electron chi connectivity index (χ1n) is 16.3. The number of nitrogens with zero attached hydrogens (tertiary/aromatic N) is 1. The first-order valence-corrected chi connectivity index (χ1v) is 16.3. The Morgan fingerprint density at radius 3 is 1.77 bits per heavy atom. The van der Waals surface area contributed by atoms with Gasteiger partial charge in [-0.15, -0.1) is 0 Å². The van der Waals surface area contributed by atoms with Crippen LogP contribution in [0.15, 0.2) is 0 Å². The lowest BCUT2D eigenvalue weighted by Crippen LogP contribution is -2.51. The summed E-state index contributed by atoms with van der Waals surface area (Å²) >= 11 is 0. The van der Waals surface area contributed by atoms with E-state index in [2.05, 4.69) is 20.9 Å². The zero-order valence-electron chi connectivity index (χ0n) is 24.9. The second kappa shape index (κ2) is 10.7. The summed E-state index contributed by atoms with van der Waals surface area (Å²) in [5.41, 5.74) is 0.661. The van der Waals surface area contributed by atoms with Gasteiger partial charge in [0.25, 0.3) is 0 Å². The van der Waals surface area contributed by atoms with Crippen LogP contribution in [0, 0.1) is 46.3 Å². The van der Waals surface area contributed by atoms with E-state index >= 15 is 0 Å². The van der Waals surface area contributed by atoms with Gasteiger partial charge < -0.3 is 25.6 Å². The minimum atomic E-state index is -0.420. The Morgan fingerprint density at radius 1 is 0.846 bits per heavy atom. The van der Waals surface area contributed by atoms with Gasteiger partial charge in [0.2, 0.25) is 0 Å². The number of carbonyl (C=O) groups is 2. The molecular formula is C32H54N4O3. The highest BCUT2D eigenvalue weighted by atomic mass is 16.6. The van der Waals surface area contributed by atoms with Crippen molar-refractivity contribution in [3.05, 3.63) is 0 Å². The van der Waals surface area contributed by atoms with E-state index in [0.717, 1.165) is 68.2 Å². The fraction of sp³-hybridized carbons (Fsp3) is 0.938. The molecule has 3 amide bonds. The monoisotopic (exact) mass is 542 g/mol. The molecular weight excluding hydrogens is 488 g/mol. The zero-order valence-corrected chi connectivity index (χ0v) is 24.9. The highest BCUT2D eigenvalue weighted by molar-refractivity contribution is 5.76. The summed E-state index contributed by atoms with van der Waals surface area (Å²) in [6.07, 6.45) is 17.2. The second-order valence-electron chi connectivity index (χ2n) is 16.1. The van der Waals surface area contributed by atoms with Gasteiger partial charge in [0.15, 0.2) is 0 Å². The predicted octanol–water partition coefficient (Wildman–Crippen LogP) is 5.55. The van der Waals surface area contributed by atoms with Crippen LogP contribution in [-0.4, -0.2) is 61.9 Å². The van der Waals surface area contributed by atoms with Crippen LogP contribution >= 0.6 is 0 Å². The Kier molecular flexibility index (Phi) is 7.60. The van der Waals surface area contributed by atoms with E-state index < -0.39 is 5.60 Å². The molecule has 1 heterocycles. The van der Waals surface area contributed by atoms with Crippen LogP contribution < -0.4 is 16.0 Å². The number of nitrogens with one attached hydrogen (secondary N) is 3. The van der Waals surface area contributed by atoms with E-state index in [4.69, 9.17) is 4.74 Å². The number of ether oxygens (including phenoxy) is 1. The number of amides is 3. The fourth-order valence-electron chi connectivity index (χ4n) is 11.0. The highest BCUT2D eigenvalue weighted by Gasteiger charge is 2.52. The van der Waals surface area contributed by atoms with Crippen molar-refractivity contribution in [1.82, 2.24) is 20.9 Å². The molecule has 0 unspecified atom stereocenters. The van der Waals surface area contributed by atoms with Crippen LogP contribution in [-0.2, 0) is 4.74 Å². The van der Waals surface area contributed by atoms with Gasteiger partial charge in [-0.25, -0.2) is 9.59 Å². The Balaban J connectivity index is 0.000000146. The second-order valence-corrected chi connectivity index (χ2v) is 16.1. The molecule has 8 saturated carbocycles. The quantitative estimate of drug-likeness (QED) is 0.369. The molecule has 0 spiro atoms. The van der Waals surface area contributed by atoms with Gasteiger partial charge in [-0.1, -0.05) is 0 Å². The van der Waals surface area contributed by atoms with Gasteiger partial charge in [-0.3, -0.25) is 0 Å². The Bertz CT molecular complexity index is 841. The van der Waals surface area contributed by atoms with Crippen molar-refractivity contribution in [1.29, 1.82) is 0 Å². The maximum Gasteiger partial charge on any atom is 0.407 e. The van der Waals surface area contributed by atoms with Crippen LogP contribution in [0.4, 0.5) is 9.59 Å². The van der Waals surface area contributed by atoms with Crippen molar-refractivity contribution in [2.75, 3.05) is 39.3 Å². The van der Waals surface area contributed by atoms with Crippen molar-refractivity contribution in [2.45, 2.75) is 103 Å². The zero-order chi connectivity index (χ0) is 27.3. The lowest BCUT2D eigenvalue weighted by Gasteiger charge is -2.57. The molecule has 0 aromatic carbocycles. The summed E-state index contributed by atoms with van der Waals surface area (Å²) in [7, 11) is 0. The molecule has 3 N–H and O–H groups in total. The lowest BCUT2D eigenvalue weighted by molar-refractivity contribution is -0.0621. The van der Waals surface area contributed by atoms with Gasteiger partial charge in [0.05, 0.1) is 0 Å². The molecule has 7 nitrogen and oxygen atoms in total. The average Bonchev–Trinajstić information content (AvgIpc) is 3.20. The van der Waals surface area contributed by atoms with E-state index in [1.54, 1.807) is 0 Å². The van der Waals surface area contributed by atoms with E-state index in [1.807, 2.05) is 20.8 Å². The molecule has 9 fully saturated rings. The van der Waals surface area contributed by atoms with E-state index in [1.165, 1.54) is 77.0 Å². The van der Waals surface area contributed by atoms with Crippen molar-refractivity contribution in [2.24, 2.45) is 46.3 Å². The molecule has 0 aromatic heterocycles. The molecule has 1 saturated heterocycles. The topological polar surface area (TPSA) is 82.7 Å². The third kappa shape index (κ3) is 6.54. The SMILES string of the molecule is CC(C)(C)OC(=O)NCCNCC12CC3CC(CC(C3)C1)C2.O=C1NCCN1CC12CC3CC(CC(C3)C1)C2. The first-order chi connectivity index (χ1) is 18.6. The van der Waals surface area contributed by atoms with Gasteiger partial charge in [-0.05, 0) is 144 Å². The maximum absolute atomic E-state index is 11.7. The van der Waals surface area contributed by atoms with Crippen LogP contribution in [0.5, 0.6) is 0 Å². The standard InChI is InChI=1S/C18H32N2O2.C14H22N2O/c1-17(2,3)22-16(21)20-5-4-19-12-18-9-13-6-14(10-18)8-15(7-13)11-18;17-13-15-1-2-16(13)9-14-6-10-3-11(7-14)5-12(4-10)8-14/h13-15,19H,4-12H2,1-3H3,(H,20,21);10-12H,1-9H2,(H,15,17). The summed E-state index contributed by atoms with van der Waals surface area (Å²) in [6.45, 7) is 11.1. The third-order valence-corrected chi connectivity index (χ3v) is 11.3. The summed E-state index contributed by atoms with van der Waals surface area (Å²) in [6, 6.07) is 0.181. The van der Waals surface area contributed by atoms with Crippen molar-refractivity contribution >= 4 is 12.1 Å².